The molecule has 1 saturated carbocycles. The second-order valence-corrected chi connectivity index (χ2v) is 9.26. The summed E-state index contributed by atoms with van der Waals surface area (Å²) in [4.78, 5) is 40.7. The van der Waals surface area contributed by atoms with Gasteiger partial charge in [-0.05, 0) is 68.3 Å². The smallest absolute Gasteiger partial charge is 0.255 e. The molecule has 30 heavy (non-hydrogen) atoms. The first-order chi connectivity index (χ1) is 14.5. The SMILES string of the molecule is C[C@@H]1CCN([C@H]2CCC[C@@H]2Oc2ccc3c(c2)CN(C2CCC(=O)NC2=O)C3=O)C1. The number of hydrogen-bond acceptors (Lipinski definition) is 5. The van der Waals surface area contributed by atoms with Gasteiger partial charge < -0.3 is 9.64 Å². The predicted molar refractivity (Wildman–Crippen MR) is 110 cm³/mol. The fraction of sp³-hybridized carbons (Fsp3) is 0.609. The van der Waals surface area contributed by atoms with E-state index >= 15 is 0 Å². The maximum absolute atomic E-state index is 12.8. The summed E-state index contributed by atoms with van der Waals surface area (Å²) in [6.07, 6.45) is 5.54. The monoisotopic (exact) mass is 411 g/mol. The van der Waals surface area contributed by atoms with Crippen LogP contribution in [-0.2, 0) is 16.1 Å². The molecule has 1 unspecified atom stereocenters. The van der Waals surface area contributed by atoms with Gasteiger partial charge in [-0.2, -0.15) is 0 Å². The molecule has 0 bridgehead atoms. The van der Waals surface area contributed by atoms with Crippen molar-refractivity contribution in [1.29, 1.82) is 0 Å². The molecule has 3 fully saturated rings. The molecule has 7 heteroatoms. The van der Waals surface area contributed by atoms with Crippen LogP contribution in [0.3, 0.4) is 0 Å². The van der Waals surface area contributed by atoms with Crippen LogP contribution in [-0.4, -0.2) is 58.8 Å². The van der Waals surface area contributed by atoms with Crippen molar-refractivity contribution in [3.05, 3.63) is 29.3 Å². The van der Waals surface area contributed by atoms with Crippen LogP contribution in [0.15, 0.2) is 18.2 Å². The maximum Gasteiger partial charge on any atom is 0.255 e. The first kappa shape index (κ1) is 19.5. The molecule has 5 rings (SSSR count). The van der Waals surface area contributed by atoms with Crippen LogP contribution in [0.5, 0.6) is 5.75 Å². The molecule has 0 aromatic heterocycles. The summed E-state index contributed by atoms with van der Waals surface area (Å²) < 4.78 is 6.42. The molecule has 0 radical (unpaired) electrons. The van der Waals surface area contributed by atoms with E-state index < -0.39 is 6.04 Å². The Balaban J connectivity index is 1.29. The minimum atomic E-state index is -0.580. The van der Waals surface area contributed by atoms with Crippen LogP contribution in [0, 0.1) is 5.92 Å². The van der Waals surface area contributed by atoms with E-state index in [4.69, 9.17) is 4.74 Å². The molecule has 160 valence electrons. The highest BCUT2D eigenvalue weighted by molar-refractivity contribution is 6.05. The molecule has 3 amide bonds. The van der Waals surface area contributed by atoms with Gasteiger partial charge in [0.1, 0.15) is 17.9 Å². The summed E-state index contributed by atoms with van der Waals surface area (Å²) in [6.45, 7) is 5.02. The zero-order valence-corrected chi connectivity index (χ0v) is 17.4. The summed E-state index contributed by atoms with van der Waals surface area (Å²) in [5.41, 5.74) is 1.52. The van der Waals surface area contributed by atoms with E-state index in [1.165, 1.54) is 19.3 Å². The van der Waals surface area contributed by atoms with Gasteiger partial charge in [0.05, 0.1) is 0 Å². The minimum absolute atomic E-state index is 0.143. The summed E-state index contributed by atoms with van der Waals surface area (Å²) in [7, 11) is 0. The Hall–Kier alpha value is -2.41. The molecule has 1 aliphatic carbocycles. The normalized spacial score (nSPS) is 31.9. The lowest BCUT2D eigenvalue weighted by molar-refractivity contribution is -0.136. The molecular formula is C23H29N3O4. The minimum Gasteiger partial charge on any atom is -0.489 e. The number of ether oxygens (including phenoxy) is 1. The number of likely N-dealkylation sites (tertiary alicyclic amines) is 1. The third kappa shape index (κ3) is 3.49. The fourth-order valence-electron chi connectivity index (χ4n) is 5.53. The van der Waals surface area contributed by atoms with E-state index in [2.05, 4.69) is 17.1 Å². The lowest BCUT2D eigenvalue weighted by Crippen LogP contribution is -2.52. The zero-order valence-electron chi connectivity index (χ0n) is 17.4. The van der Waals surface area contributed by atoms with E-state index in [-0.39, 0.29) is 30.2 Å². The summed E-state index contributed by atoms with van der Waals surface area (Å²) in [6, 6.07) is 5.56. The summed E-state index contributed by atoms with van der Waals surface area (Å²) in [5, 5.41) is 2.35. The Morgan fingerprint density at radius 1 is 1.10 bits per heavy atom. The molecule has 1 aromatic rings. The van der Waals surface area contributed by atoms with Gasteiger partial charge >= 0.3 is 0 Å². The van der Waals surface area contributed by atoms with E-state index in [0.717, 1.165) is 36.7 Å². The largest absolute Gasteiger partial charge is 0.489 e. The molecule has 0 spiro atoms. The summed E-state index contributed by atoms with van der Waals surface area (Å²) in [5.74, 6) is 0.773. The third-order valence-corrected chi connectivity index (χ3v) is 7.12. The lowest BCUT2D eigenvalue weighted by atomic mass is 10.0. The van der Waals surface area contributed by atoms with Gasteiger partial charge in [0.2, 0.25) is 11.8 Å². The number of carbonyl (C=O) groups excluding carboxylic acids is 3. The van der Waals surface area contributed by atoms with Crippen LogP contribution >= 0.6 is 0 Å². The van der Waals surface area contributed by atoms with Gasteiger partial charge in [-0.1, -0.05) is 6.92 Å². The molecule has 1 N–H and O–H groups in total. The number of benzene rings is 1. The number of amides is 3. The van der Waals surface area contributed by atoms with Crippen LogP contribution in [0.1, 0.15) is 61.4 Å². The van der Waals surface area contributed by atoms with Crippen LogP contribution in [0.25, 0.3) is 0 Å². The third-order valence-electron chi connectivity index (χ3n) is 7.12. The van der Waals surface area contributed by atoms with Crippen LogP contribution in [0.4, 0.5) is 0 Å². The Bertz CT molecular complexity index is 885. The molecular weight excluding hydrogens is 382 g/mol. The Kier molecular flexibility index (Phi) is 5.01. The van der Waals surface area contributed by atoms with Crippen molar-refractivity contribution in [1.82, 2.24) is 15.1 Å². The number of nitrogens with zero attached hydrogens (tertiary/aromatic N) is 2. The summed E-state index contributed by atoms with van der Waals surface area (Å²) >= 11 is 0. The number of imide groups is 1. The van der Waals surface area contributed by atoms with Gasteiger partial charge in [-0.3, -0.25) is 24.6 Å². The number of nitrogens with one attached hydrogen (secondary N) is 1. The molecule has 7 nitrogen and oxygen atoms in total. The van der Waals surface area contributed by atoms with Crippen molar-refractivity contribution < 1.29 is 19.1 Å². The van der Waals surface area contributed by atoms with Crippen molar-refractivity contribution in [2.45, 2.75) is 70.2 Å². The van der Waals surface area contributed by atoms with Crippen molar-refractivity contribution in [2.24, 2.45) is 5.92 Å². The van der Waals surface area contributed by atoms with Gasteiger partial charge in [-0.25, -0.2) is 0 Å². The molecule has 4 aliphatic rings. The van der Waals surface area contributed by atoms with Crippen molar-refractivity contribution >= 4 is 17.7 Å². The standard InChI is InChI=1S/C23H29N3O4/c1-14-9-10-25(12-14)18-3-2-4-20(18)30-16-5-6-17-15(11-16)13-26(23(17)29)19-7-8-21(27)24-22(19)28/h5-6,11,14,18-20H,2-4,7-10,12-13H2,1H3,(H,24,27,28)/t14-,18+,19?,20+/m1/s1. The maximum atomic E-state index is 12.8. The first-order valence-corrected chi connectivity index (χ1v) is 11.2. The van der Waals surface area contributed by atoms with Gasteiger partial charge in [0.25, 0.3) is 5.91 Å². The Labute approximate surface area is 176 Å². The fourth-order valence-corrected chi connectivity index (χ4v) is 5.53. The molecule has 1 aromatic carbocycles. The quantitative estimate of drug-likeness (QED) is 0.768. The number of piperidine rings is 1. The van der Waals surface area contributed by atoms with Crippen molar-refractivity contribution in [2.75, 3.05) is 13.1 Å². The molecule has 3 aliphatic heterocycles. The number of fused-ring (bicyclic) bond motifs is 1. The molecule has 2 saturated heterocycles. The van der Waals surface area contributed by atoms with Crippen LogP contribution < -0.4 is 10.1 Å². The number of hydrogen-bond donors (Lipinski definition) is 1. The van der Waals surface area contributed by atoms with E-state index in [0.29, 0.717) is 24.6 Å². The Morgan fingerprint density at radius 2 is 1.97 bits per heavy atom. The van der Waals surface area contributed by atoms with Crippen molar-refractivity contribution in [3.8, 4) is 5.75 Å². The topological polar surface area (TPSA) is 79.0 Å². The average Bonchev–Trinajstić information content (AvgIpc) is 3.41. The van der Waals surface area contributed by atoms with Gasteiger partial charge in [-0.15, -0.1) is 0 Å². The highest BCUT2D eigenvalue weighted by Crippen LogP contribution is 2.34. The van der Waals surface area contributed by atoms with E-state index in [1.807, 2.05) is 18.2 Å². The molecule has 3 heterocycles. The lowest BCUT2D eigenvalue weighted by Gasteiger charge is -2.30. The first-order valence-electron chi connectivity index (χ1n) is 11.2. The average molecular weight is 412 g/mol. The second-order valence-electron chi connectivity index (χ2n) is 9.26. The Morgan fingerprint density at radius 3 is 2.73 bits per heavy atom. The number of carbonyl (C=O) groups is 3. The van der Waals surface area contributed by atoms with Crippen LogP contribution in [0.2, 0.25) is 0 Å². The van der Waals surface area contributed by atoms with Gasteiger partial charge in [0.15, 0.2) is 0 Å². The second kappa shape index (κ2) is 7.69. The number of rotatable bonds is 4. The van der Waals surface area contributed by atoms with Crippen molar-refractivity contribution in [3.63, 3.8) is 0 Å². The van der Waals surface area contributed by atoms with E-state index in [1.54, 1.807) is 4.90 Å². The highest BCUT2D eigenvalue weighted by Gasteiger charge is 2.40. The van der Waals surface area contributed by atoms with E-state index in [9.17, 15) is 14.4 Å². The molecule has 4 atom stereocenters. The zero-order chi connectivity index (χ0) is 20.8. The predicted octanol–water partition coefficient (Wildman–Crippen LogP) is 2.09. The van der Waals surface area contributed by atoms with Gasteiger partial charge in [0, 0.05) is 31.1 Å². The highest BCUT2D eigenvalue weighted by atomic mass is 16.5.